The minimum absolute atomic E-state index is 0.229. The fourth-order valence-electron chi connectivity index (χ4n) is 2.07. The van der Waals surface area contributed by atoms with Gasteiger partial charge in [-0.1, -0.05) is 38.9 Å². The summed E-state index contributed by atoms with van der Waals surface area (Å²) < 4.78 is 5.76. The maximum atomic E-state index is 8.73. The molecule has 20 heavy (non-hydrogen) atoms. The van der Waals surface area contributed by atoms with Gasteiger partial charge in [0.1, 0.15) is 11.6 Å². The summed E-state index contributed by atoms with van der Waals surface area (Å²) in [7, 11) is 0. The van der Waals surface area contributed by atoms with Crippen LogP contribution in [0.3, 0.4) is 0 Å². The Morgan fingerprint density at radius 1 is 1.40 bits per heavy atom. The molecule has 1 rings (SSSR count). The van der Waals surface area contributed by atoms with Crippen LogP contribution in [0.1, 0.15) is 51.2 Å². The number of benzene rings is 1. The number of oxime groups is 1. The van der Waals surface area contributed by atoms with Gasteiger partial charge in [0.2, 0.25) is 0 Å². The second kappa shape index (κ2) is 6.64. The predicted molar refractivity (Wildman–Crippen MR) is 82.6 cm³/mol. The van der Waals surface area contributed by atoms with E-state index in [1.165, 1.54) is 11.1 Å². The second-order valence-corrected chi connectivity index (χ2v) is 6.14. The summed E-state index contributed by atoms with van der Waals surface area (Å²) in [6.45, 7) is 10.9. The molecule has 0 aliphatic rings. The molecule has 112 valence electrons. The van der Waals surface area contributed by atoms with Crippen LogP contribution in [0.25, 0.3) is 0 Å². The van der Waals surface area contributed by atoms with Crippen LogP contribution >= 0.6 is 0 Å². The third-order valence-corrected chi connectivity index (χ3v) is 3.66. The molecular weight excluding hydrogens is 252 g/mol. The standard InChI is InChI=1S/C16H26N2O2/c1-11(2)14-7-6-13(10-12(14)3)20-9-8-16(4,5)15(17)18-19/h6-7,10-11,19H,8-9H2,1-5H3,(H2,17,18). The molecule has 0 amide bonds. The van der Waals surface area contributed by atoms with E-state index in [0.29, 0.717) is 18.9 Å². The molecule has 0 spiro atoms. The normalized spacial score (nSPS) is 12.8. The Bertz CT molecular complexity index is 479. The third-order valence-electron chi connectivity index (χ3n) is 3.66. The molecule has 0 saturated carbocycles. The molecule has 0 aliphatic heterocycles. The van der Waals surface area contributed by atoms with Gasteiger partial charge in [-0.3, -0.25) is 0 Å². The van der Waals surface area contributed by atoms with Crippen molar-refractivity contribution in [3.05, 3.63) is 29.3 Å². The van der Waals surface area contributed by atoms with Crippen molar-refractivity contribution in [2.45, 2.75) is 47.0 Å². The molecule has 0 atom stereocenters. The number of nitrogens with two attached hydrogens (primary N) is 1. The van der Waals surface area contributed by atoms with Crippen LogP contribution in [0.2, 0.25) is 0 Å². The molecule has 0 radical (unpaired) electrons. The fraction of sp³-hybridized carbons (Fsp3) is 0.562. The van der Waals surface area contributed by atoms with E-state index in [2.05, 4.69) is 38.1 Å². The van der Waals surface area contributed by atoms with E-state index in [1.807, 2.05) is 19.9 Å². The van der Waals surface area contributed by atoms with Crippen molar-refractivity contribution < 1.29 is 9.94 Å². The van der Waals surface area contributed by atoms with Gasteiger partial charge in [0, 0.05) is 5.41 Å². The van der Waals surface area contributed by atoms with Crippen LogP contribution in [0.15, 0.2) is 23.4 Å². The summed E-state index contributed by atoms with van der Waals surface area (Å²) in [6.07, 6.45) is 0.688. The molecular formula is C16H26N2O2. The van der Waals surface area contributed by atoms with Crippen LogP contribution < -0.4 is 10.5 Å². The highest BCUT2D eigenvalue weighted by atomic mass is 16.5. The summed E-state index contributed by atoms with van der Waals surface area (Å²) in [6, 6.07) is 6.18. The Balaban J connectivity index is 2.61. The quantitative estimate of drug-likeness (QED) is 0.361. The van der Waals surface area contributed by atoms with Crippen molar-refractivity contribution in [3.8, 4) is 5.75 Å². The average Bonchev–Trinajstić information content (AvgIpc) is 2.37. The molecule has 0 aliphatic carbocycles. The van der Waals surface area contributed by atoms with E-state index in [4.69, 9.17) is 15.7 Å². The molecule has 1 aromatic rings. The number of amidine groups is 1. The van der Waals surface area contributed by atoms with Crippen LogP contribution in [-0.2, 0) is 0 Å². The predicted octanol–water partition coefficient (Wildman–Crippen LogP) is 3.66. The van der Waals surface area contributed by atoms with Gasteiger partial charge in [0.05, 0.1) is 6.61 Å². The van der Waals surface area contributed by atoms with Crippen LogP contribution in [0.5, 0.6) is 5.75 Å². The lowest BCUT2D eigenvalue weighted by Gasteiger charge is -2.22. The van der Waals surface area contributed by atoms with Crippen molar-refractivity contribution in [2.24, 2.45) is 16.3 Å². The first kappa shape index (κ1) is 16.3. The summed E-state index contributed by atoms with van der Waals surface area (Å²) in [4.78, 5) is 0. The van der Waals surface area contributed by atoms with Gasteiger partial charge in [-0.05, 0) is 42.5 Å². The number of aryl methyl sites for hydroxylation is 1. The topological polar surface area (TPSA) is 67.8 Å². The van der Waals surface area contributed by atoms with E-state index in [9.17, 15) is 0 Å². The molecule has 0 unspecified atom stereocenters. The maximum Gasteiger partial charge on any atom is 0.144 e. The number of ether oxygens (including phenoxy) is 1. The highest BCUT2D eigenvalue weighted by Crippen LogP contribution is 2.25. The van der Waals surface area contributed by atoms with Gasteiger partial charge >= 0.3 is 0 Å². The molecule has 0 heterocycles. The van der Waals surface area contributed by atoms with Crippen molar-refractivity contribution in [2.75, 3.05) is 6.61 Å². The van der Waals surface area contributed by atoms with Crippen molar-refractivity contribution in [1.82, 2.24) is 0 Å². The largest absolute Gasteiger partial charge is 0.494 e. The molecule has 0 aromatic heterocycles. The summed E-state index contributed by atoms with van der Waals surface area (Å²) >= 11 is 0. The Kier molecular flexibility index (Phi) is 5.43. The highest BCUT2D eigenvalue weighted by molar-refractivity contribution is 5.85. The molecule has 1 aromatic carbocycles. The molecule has 0 fully saturated rings. The van der Waals surface area contributed by atoms with E-state index in [0.717, 1.165) is 5.75 Å². The maximum absolute atomic E-state index is 8.73. The number of nitrogens with zero attached hydrogens (tertiary/aromatic N) is 1. The zero-order chi connectivity index (χ0) is 15.3. The lowest BCUT2D eigenvalue weighted by Crippen LogP contribution is -2.33. The Morgan fingerprint density at radius 3 is 2.55 bits per heavy atom. The first-order valence-electron chi connectivity index (χ1n) is 6.99. The lowest BCUT2D eigenvalue weighted by molar-refractivity contribution is 0.259. The van der Waals surface area contributed by atoms with Crippen molar-refractivity contribution in [3.63, 3.8) is 0 Å². The summed E-state index contributed by atoms with van der Waals surface area (Å²) in [5.41, 5.74) is 7.86. The van der Waals surface area contributed by atoms with Gasteiger partial charge in [0.15, 0.2) is 0 Å². The van der Waals surface area contributed by atoms with E-state index < -0.39 is 0 Å². The minimum Gasteiger partial charge on any atom is -0.494 e. The molecule has 3 N–H and O–H groups in total. The van der Waals surface area contributed by atoms with Crippen LogP contribution in [0, 0.1) is 12.3 Å². The smallest absolute Gasteiger partial charge is 0.144 e. The van der Waals surface area contributed by atoms with Crippen LogP contribution in [0.4, 0.5) is 0 Å². The van der Waals surface area contributed by atoms with Gasteiger partial charge in [-0.15, -0.1) is 0 Å². The third kappa shape index (κ3) is 4.15. The Labute approximate surface area is 121 Å². The minimum atomic E-state index is -0.373. The van der Waals surface area contributed by atoms with Gasteiger partial charge in [-0.2, -0.15) is 0 Å². The van der Waals surface area contributed by atoms with Gasteiger partial charge in [-0.25, -0.2) is 0 Å². The van der Waals surface area contributed by atoms with Crippen LogP contribution in [-0.4, -0.2) is 17.6 Å². The number of hydrogen-bond acceptors (Lipinski definition) is 3. The zero-order valence-corrected chi connectivity index (χ0v) is 13.1. The number of rotatable bonds is 6. The zero-order valence-electron chi connectivity index (χ0n) is 13.1. The van der Waals surface area contributed by atoms with Gasteiger partial charge in [0.25, 0.3) is 0 Å². The Morgan fingerprint density at radius 2 is 2.05 bits per heavy atom. The summed E-state index contributed by atoms with van der Waals surface area (Å²) in [5, 5.41) is 11.8. The molecule has 4 nitrogen and oxygen atoms in total. The summed E-state index contributed by atoms with van der Waals surface area (Å²) in [5.74, 6) is 1.61. The molecule has 4 heteroatoms. The second-order valence-electron chi connectivity index (χ2n) is 6.14. The van der Waals surface area contributed by atoms with Crippen molar-refractivity contribution >= 4 is 5.84 Å². The molecule has 0 bridgehead atoms. The highest BCUT2D eigenvalue weighted by Gasteiger charge is 2.23. The number of hydrogen-bond donors (Lipinski definition) is 2. The fourth-order valence-corrected chi connectivity index (χ4v) is 2.07. The molecule has 0 saturated heterocycles. The first-order valence-corrected chi connectivity index (χ1v) is 6.99. The van der Waals surface area contributed by atoms with Crippen molar-refractivity contribution in [1.29, 1.82) is 0 Å². The van der Waals surface area contributed by atoms with Gasteiger partial charge < -0.3 is 15.7 Å². The first-order chi connectivity index (χ1) is 9.27. The monoisotopic (exact) mass is 278 g/mol. The average molecular weight is 278 g/mol. The Hall–Kier alpha value is -1.71. The lowest BCUT2D eigenvalue weighted by atomic mass is 9.88. The van der Waals surface area contributed by atoms with E-state index >= 15 is 0 Å². The van der Waals surface area contributed by atoms with E-state index in [-0.39, 0.29) is 11.3 Å². The SMILES string of the molecule is Cc1cc(OCCC(C)(C)C(N)=NO)ccc1C(C)C. The van der Waals surface area contributed by atoms with E-state index in [1.54, 1.807) is 0 Å².